The van der Waals surface area contributed by atoms with E-state index in [2.05, 4.69) is 5.32 Å². The first-order valence-corrected chi connectivity index (χ1v) is 7.95. The van der Waals surface area contributed by atoms with E-state index in [1.54, 1.807) is 48.5 Å². The lowest BCUT2D eigenvalue weighted by molar-refractivity contribution is -0.144. The van der Waals surface area contributed by atoms with E-state index >= 15 is 0 Å². The Morgan fingerprint density at radius 1 is 1.19 bits per heavy atom. The highest BCUT2D eigenvalue weighted by atomic mass is 35.5. The summed E-state index contributed by atoms with van der Waals surface area (Å²) in [7, 11) is 0. The molecule has 0 heterocycles. The minimum absolute atomic E-state index is 0.0764. The average molecular weight is 371 g/mol. The maximum atomic E-state index is 12.2. The van der Waals surface area contributed by atoms with Crippen molar-refractivity contribution >= 4 is 35.2 Å². The van der Waals surface area contributed by atoms with Crippen LogP contribution in [0.3, 0.4) is 0 Å². The minimum atomic E-state index is -1.07. The van der Waals surface area contributed by atoms with Crippen molar-refractivity contribution in [3.8, 4) is 11.8 Å². The average Bonchev–Trinajstić information content (AvgIpc) is 2.62. The van der Waals surface area contributed by atoms with E-state index in [1.807, 2.05) is 6.07 Å². The van der Waals surface area contributed by atoms with Gasteiger partial charge in [-0.25, -0.2) is 4.79 Å². The molecule has 0 radical (unpaired) electrons. The molecule has 2 rings (SSSR count). The monoisotopic (exact) mass is 370 g/mol. The van der Waals surface area contributed by atoms with Crippen molar-refractivity contribution < 1.29 is 19.4 Å². The van der Waals surface area contributed by atoms with Gasteiger partial charge in [0, 0.05) is 10.7 Å². The summed E-state index contributed by atoms with van der Waals surface area (Å²) >= 11 is 5.79. The summed E-state index contributed by atoms with van der Waals surface area (Å²) in [6, 6.07) is 14.8. The highest BCUT2D eigenvalue weighted by molar-refractivity contribution is 6.30. The molecular weight excluding hydrogens is 356 g/mol. The van der Waals surface area contributed by atoms with E-state index < -0.39 is 18.0 Å². The molecule has 132 valence electrons. The summed E-state index contributed by atoms with van der Waals surface area (Å²) in [5.41, 5.74) is 1.04. The number of carboxylic acids is 1. The summed E-state index contributed by atoms with van der Waals surface area (Å²) in [6.45, 7) is 1.42. The second-order valence-electron chi connectivity index (χ2n) is 5.30. The lowest BCUT2D eigenvalue weighted by Crippen LogP contribution is -2.22. The van der Waals surface area contributed by atoms with E-state index in [1.165, 1.54) is 13.0 Å². The van der Waals surface area contributed by atoms with Crippen LogP contribution in [-0.4, -0.2) is 23.1 Å². The van der Waals surface area contributed by atoms with Crippen LogP contribution in [0.2, 0.25) is 5.02 Å². The Morgan fingerprint density at radius 3 is 2.35 bits per heavy atom. The molecule has 0 saturated heterocycles. The number of nitrogens with zero attached hydrogens (tertiary/aromatic N) is 1. The van der Waals surface area contributed by atoms with Crippen LogP contribution in [0, 0.1) is 11.3 Å². The lowest BCUT2D eigenvalue weighted by Gasteiger charge is -2.10. The van der Waals surface area contributed by atoms with E-state index in [4.69, 9.17) is 21.4 Å². The number of aliphatic carboxylic acids is 1. The van der Waals surface area contributed by atoms with Crippen LogP contribution in [0.4, 0.5) is 5.69 Å². The predicted molar refractivity (Wildman–Crippen MR) is 97.8 cm³/mol. The highest BCUT2D eigenvalue weighted by Gasteiger charge is 2.12. The number of rotatable bonds is 6. The van der Waals surface area contributed by atoms with Crippen LogP contribution in [0.15, 0.2) is 54.1 Å². The Kier molecular flexibility index (Phi) is 6.36. The standard InChI is InChI=1S/C19H15ClN2O4/c1-12(19(24)25)26-17-8-2-13(3-9-17)10-14(11-21)18(23)22-16-6-4-15(20)5-7-16/h2-10,12H,1H3,(H,22,23)(H,24,25)/b14-10-/t12-/m0/s1. The van der Waals surface area contributed by atoms with Crippen molar-refractivity contribution in [1.29, 1.82) is 5.26 Å². The Balaban J connectivity index is 2.10. The number of carboxylic acid groups (broad SMARTS) is 1. The van der Waals surface area contributed by atoms with Gasteiger partial charge in [-0.05, 0) is 55.0 Å². The molecule has 2 aromatic rings. The third kappa shape index (κ3) is 5.36. The SMILES string of the molecule is C[C@H](Oc1ccc(/C=C(/C#N)C(=O)Nc2ccc(Cl)cc2)cc1)C(=O)O. The third-order valence-corrected chi connectivity index (χ3v) is 3.57. The van der Waals surface area contributed by atoms with Crippen LogP contribution < -0.4 is 10.1 Å². The van der Waals surface area contributed by atoms with Crippen LogP contribution in [0.1, 0.15) is 12.5 Å². The molecule has 0 bridgehead atoms. The zero-order valence-electron chi connectivity index (χ0n) is 13.8. The first-order chi connectivity index (χ1) is 12.4. The Labute approximate surface area is 155 Å². The van der Waals surface area contributed by atoms with Crippen molar-refractivity contribution in [1.82, 2.24) is 0 Å². The predicted octanol–water partition coefficient (Wildman–Crippen LogP) is 3.74. The second kappa shape index (κ2) is 8.70. The second-order valence-corrected chi connectivity index (χ2v) is 5.73. The zero-order valence-corrected chi connectivity index (χ0v) is 14.5. The van der Waals surface area contributed by atoms with Crippen molar-refractivity contribution in [3.63, 3.8) is 0 Å². The topological polar surface area (TPSA) is 99.4 Å². The molecule has 0 aromatic heterocycles. The summed E-state index contributed by atoms with van der Waals surface area (Å²) < 4.78 is 5.22. The maximum Gasteiger partial charge on any atom is 0.344 e. The van der Waals surface area contributed by atoms with Gasteiger partial charge >= 0.3 is 5.97 Å². The number of carbonyl (C=O) groups excluding carboxylic acids is 1. The number of halogens is 1. The smallest absolute Gasteiger partial charge is 0.344 e. The Hall–Kier alpha value is -3.30. The van der Waals surface area contributed by atoms with Crippen LogP contribution in [-0.2, 0) is 9.59 Å². The molecule has 0 saturated carbocycles. The number of hydrogen-bond donors (Lipinski definition) is 2. The van der Waals surface area contributed by atoms with Crippen LogP contribution in [0.5, 0.6) is 5.75 Å². The Bertz CT molecular complexity index is 868. The number of amides is 1. The van der Waals surface area contributed by atoms with E-state index in [9.17, 15) is 14.9 Å². The molecule has 0 unspecified atom stereocenters. The summed E-state index contributed by atoms with van der Waals surface area (Å²) in [4.78, 5) is 23.0. The largest absolute Gasteiger partial charge is 0.479 e. The summed E-state index contributed by atoms with van der Waals surface area (Å²) in [6.07, 6.45) is 0.451. The van der Waals surface area contributed by atoms with Crippen LogP contribution >= 0.6 is 11.6 Å². The zero-order chi connectivity index (χ0) is 19.1. The fraction of sp³-hybridized carbons (Fsp3) is 0.105. The lowest BCUT2D eigenvalue weighted by atomic mass is 10.1. The molecule has 0 aliphatic heterocycles. The van der Waals surface area contributed by atoms with Gasteiger partial charge in [0.05, 0.1) is 0 Å². The van der Waals surface area contributed by atoms with Gasteiger partial charge in [-0.3, -0.25) is 4.79 Å². The molecule has 2 aromatic carbocycles. The quantitative estimate of drug-likeness (QED) is 0.596. The number of nitriles is 1. The molecule has 2 N–H and O–H groups in total. The molecule has 1 atom stereocenters. The molecule has 0 fully saturated rings. The molecule has 0 spiro atoms. The number of hydrogen-bond acceptors (Lipinski definition) is 4. The molecule has 26 heavy (non-hydrogen) atoms. The number of anilines is 1. The Morgan fingerprint density at radius 2 is 1.81 bits per heavy atom. The van der Waals surface area contributed by atoms with Gasteiger partial charge in [-0.2, -0.15) is 5.26 Å². The van der Waals surface area contributed by atoms with Gasteiger partial charge < -0.3 is 15.2 Å². The van der Waals surface area contributed by atoms with Gasteiger partial charge in [-0.1, -0.05) is 23.7 Å². The summed E-state index contributed by atoms with van der Waals surface area (Å²) in [5.74, 6) is -1.24. The molecule has 1 amide bonds. The van der Waals surface area contributed by atoms with Crippen molar-refractivity contribution in [3.05, 3.63) is 64.7 Å². The number of ether oxygens (including phenoxy) is 1. The van der Waals surface area contributed by atoms with Crippen LogP contribution in [0.25, 0.3) is 6.08 Å². The third-order valence-electron chi connectivity index (χ3n) is 3.32. The first-order valence-electron chi connectivity index (χ1n) is 7.57. The van der Waals surface area contributed by atoms with Crippen molar-refractivity contribution in [2.75, 3.05) is 5.32 Å². The fourth-order valence-electron chi connectivity index (χ4n) is 1.94. The summed E-state index contributed by atoms with van der Waals surface area (Å²) in [5, 5.41) is 21.2. The van der Waals surface area contributed by atoms with Crippen molar-refractivity contribution in [2.45, 2.75) is 13.0 Å². The fourth-order valence-corrected chi connectivity index (χ4v) is 2.07. The molecule has 7 heteroatoms. The number of carbonyl (C=O) groups is 2. The molecule has 0 aliphatic rings. The highest BCUT2D eigenvalue weighted by Crippen LogP contribution is 2.17. The minimum Gasteiger partial charge on any atom is -0.479 e. The molecule has 6 nitrogen and oxygen atoms in total. The van der Waals surface area contributed by atoms with Gasteiger partial charge in [0.15, 0.2) is 6.10 Å². The molecular formula is C19H15ClN2O4. The van der Waals surface area contributed by atoms with E-state index in [-0.39, 0.29) is 5.57 Å². The number of benzene rings is 2. The van der Waals surface area contributed by atoms with E-state index in [0.29, 0.717) is 22.0 Å². The van der Waals surface area contributed by atoms with Gasteiger partial charge in [-0.15, -0.1) is 0 Å². The van der Waals surface area contributed by atoms with Gasteiger partial charge in [0.2, 0.25) is 0 Å². The van der Waals surface area contributed by atoms with Crippen molar-refractivity contribution in [2.24, 2.45) is 0 Å². The number of nitrogens with one attached hydrogen (secondary N) is 1. The molecule has 0 aliphatic carbocycles. The maximum absolute atomic E-state index is 12.2. The normalized spacial score (nSPS) is 12.0. The van der Waals surface area contributed by atoms with Gasteiger partial charge in [0.25, 0.3) is 5.91 Å². The van der Waals surface area contributed by atoms with Gasteiger partial charge in [0.1, 0.15) is 17.4 Å². The van der Waals surface area contributed by atoms with E-state index in [0.717, 1.165) is 0 Å². The first kappa shape index (κ1) is 19.0.